The van der Waals surface area contributed by atoms with Crippen molar-refractivity contribution in [2.45, 2.75) is 4.90 Å². The van der Waals surface area contributed by atoms with Crippen molar-refractivity contribution < 1.29 is 8.42 Å². The van der Waals surface area contributed by atoms with E-state index in [1.807, 2.05) is 41.1 Å². The smallest absolute Gasteiger partial charge is 0.263 e. The molecule has 0 saturated heterocycles. The largest absolute Gasteiger partial charge is 0.306 e. The number of rotatable bonds is 4. The Morgan fingerprint density at radius 1 is 0.963 bits per heavy atom. The number of hydrogen-bond acceptors (Lipinski definition) is 4. The second-order valence-corrected chi connectivity index (χ2v) is 7.53. The van der Waals surface area contributed by atoms with E-state index in [9.17, 15) is 8.42 Å². The average molecular weight is 374 g/mol. The molecule has 0 bridgehead atoms. The lowest BCUT2D eigenvalue weighted by molar-refractivity contribution is 0.601. The highest BCUT2D eigenvalue weighted by Gasteiger charge is 2.18. The highest BCUT2D eigenvalue weighted by Crippen LogP contribution is 2.23. The molecule has 27 heavy (non-hydrogen) atoms. The first-order valence-electron chi connectivity index (χ1n) is 8.13. The summed E-state index contributed by atoms with van der Waals surface area (Å²) in [5.74, 6) is 0. The SMILES string of the molecule is N#Cc1ccccc1S(=O)(=O)Nc1ccc(-c2cn3ccccc3n2)cc1. The number of pyridine rings is 1. The van der Waals surface area contributed by atoms with Gasteiger partial charge in [-0.15, -0.1) is 0 Å². The van der Waals surface area contributed by atoms with Gasteiger partial charge in [-0.25, -0.2) is 13.4 Å². The number of nitrogens with zero attached hydrogens (tertiary/aromatic N) is 3. The lowest BCUT2D eigenvalue weighted by atomic mass is 10.1. The van der Waals surface area contributed by atoms with Crippen molar-refractivity contribution in [2.24, 2.45) is 0 Å². The second-order valence-electron chi connectivity index (χ2n) is 5.88. The van der Waals surface area contributed by atoms with E-state index in [-0.39, 0.29) is 10.5 Å². The minimum atomic E-state index is -3.85. The Morgan fingerprint density at radius 2 is 1.70 bits per heavy atom. The molecule has 0 spiro atoms. The maximum Gasteiger partial charge on any atom is 0.263 e. The first-order valence-corrected chi connectivity index (χ1v) is 9.61. The van der Waals surface area contributed by atoms with Crippen LogP contribution in [0.15, 0.2) is 84.0 Å². The van der Waals surface area contributed by atoms with E-state index in [1.54, 1.807) is 36.4 Å². The molecule has 0 amide bonds. The van der Waals surface area contributed by atoms with Crippen molar-refractivity contribution in [1.82, 2.24) is 9.38 Å². The minimum Gasteiger partial charge on any atom is -0.306 e. The molecule has 132 valence electrons. The topological polar surface area (TPSA) is 87.3 Å². The Balaban J connectivity index is 1.62. The van der Waals surface area contributed by atoms with Gasteiger partial charge in [-0.05, 0) is 36.4 Å². The van der Waals surface area contributed by atoms with E-state index in [0.29, 0.717) is 5.69 Å². The van der Waals surface area contributed by atoms with Crippen molar-refractivity contribution >= 4 is 21.4 Å². The zero-order chi connectivity index (χ0) is 18.9. The quantitative estimate of drug-likeness (QED) is 0.590. The molecule has 0 aliphatic carbocycles. The fourth-order valence-electron chi connectivity index (χ4n) is 2.79. The van der Waals surface area contributed by atoms with Crippen LogP contribution in [0.25, 0.3) is 16.9 Å². The molecule has 0 unspecified atom stereocenters. The molecule has 2 aromatic carbocycles. The molecule has 2 aromatic heterocycles. The summed E-state index contributed by atoms with van der Waals surface area (Å²) < 4.78 is 29.6. The van der Waals surface area contributed by atoms with E-state index < -0.39 is 10.0 Å². The normalized spacial score (nSPS) is 11.2. The van der Waals surface area contributed by atoms with Crippen molar-refractivity contribution in [3.63, 3.8) is 0 Å². The summed E-state index contributed by atoms with van der Waals surface area (Å²) >= 11 is 0. The summed E-state index contributed by atoms with van der Waals surface area (Å²) in [6.07, 6.45) is 3.83. The maximum absolute atomic E-state index is 12.6. The molecule has 1 N–H and O–H groups in total. The monoisotopic (exact) mass is 374 g/mol. The molecule has 0 aliphatic rings. The number of anilines is 1. The van der Waals surface area contributed by atoms with Crippen molar-refractivity contribution in [3.8, 4) is 17.3 Å². The fourth-order valence-corrected chi connectivity index (χ4v) is 4.00. The van der Waals surface area contributed by atoms with Crippen LogP contribution in [0.3, 0.4) is 0 Å². The van der Waals surface area contributed by atoms with Crippen LogP contribution < -0.4 is 4.72 Å². The molecule has 0 fully saturated rings. The van der Waals surface area contributed by atoms with Gasteiger partial charge in [0.05, 0.1) is 11.3 Å². The van der Waals surface area contributed by atoms with Crippen molar-refractivity contribution in [2.75, 3.05) is 4.72 Å². The van der Waals surface area contributed by atoms with Gasteiger partial charge in [0.15, 0.2) is 0 Å². The fraction of sp³-hybridized carbons (Fsp3) is 0. The van der Waals surface area contributed by atoms with Crippen molar-refractivity contribution in [1.29, 1.82) is 5.26 Å². The van der Waals surface area contributed by atoms with E-state index >= 15 is 0 Å². The highest BCUT2D eigenvalue weighted by atomic mass is 32.2. The van der Waals surface area contributed by atoms with Gasteiger partial charge in [0.25, 0.3) is 10.0 Å². The van der Waals surface area contributed by atoms with Crippen LogP contribution in [0.1, 0.15) is 5.56 Å². The van der Waals surface area contributed by atoms with E-state index in [0.717, 1.165) is 16.9 Å². The number of aromatic nitrogens is 2. The predicted molar refractivity (Wildman–Crippen MR) is 103 cm³/mol. The van der Waals surface area contributed by atoms with Gasteiger partial charge in [-0.1, -0.05) is 30.3 Å². The molecule has 0 aliphatic heterocycles. The molecule has 6 nitrogen and oxygen atoms in total. The number of nitrogens with one attached hydrogen (secondary N) is 1. The minimum absolute atomic E-state index is 0.0445. The summed E-state index contributed by atoms with van der Waals surface area (Å²) in [4.78, 5) is 4.50. The summed E-state index contributed by atoms with van der Waals surface area (Å²) in [5, 5.41) is 9.12. The van der Waals surface area contributed by atoms with Gasteiger partial charge in [0.1, 0.15) is 16.6 Å². The summed E-state index contributed by atoms with van der Waals surface area (Å²) in [5.41, 5.74) is 3.02. The third kappa shape index (κ3) is 3.26. The number of hydrogen-bond donors (Lipinski definition) is 1. The maximum atomic E-state index is 12.6. The standard InChI is InChI=1S/C20H14N4O2S/c21-13-16-5-1-2-6-19(16)27(25,26)23-17-10-8-15(9-11-17)18-14-24-12-4-3-7-20(24)22-18/h1-12,14,23H. The Hall–Kier alpha value is -3.63. The molecular weight excluding hydrogens is 360 g/mol. The van der Waals surface area contributed by atoms with E-state index in [4.69, 9.17) is 5.26 Å². The average Bonchev–Trinajstić information content (AvgIpc) is 3.12. The molecule has 4 aromatic rings. The molecule has 0 radical (unpaired) electrons. The van der Waals surface area contributed by atoms with Crippen LogP contribution in [0.2, 0.25) is 0 Å². The predicted octanol–water partition coefficient (Wildman–Crippen LogP) is 3.67. The van der Waals surface area contributed by atoms with Gasteiger partial charge in [-0.3, -0.25) is 4.72 Å². The van der Waals surface area contributed by atoms with E-state index in [1.165, 1.54) is 12.1 Å². The first kappa shape index (κ1) is 16.8. The lowest BCUT2D eigenvalue weighted by Gasteiger charge is -2.09. The third-order valence-corrected chi connectivity index (χ3v) is 5.53. The van der Waals surface area contributed by atoms with Crippen LogP contribution in [-0.2, 0) is 10.0 Å². The Labute approximate surface area is 156 Å². The second kappa shape index (κ2) is 6.59. The molecule has 2 heterocycles. The van der Waals surface area contributed by atoms with Gasteiger partial charge >= 0.3 is 0 Å². The number of benzene rings is 2. The zero-order valence-electron chi connectivity index (χ0n) is 14.1. The summed E-state index contributed by atoms with van der Waals surface area (Å²) in [7, 11) is -3.85. The number of nitriles is 1. The summed E-state index contributed by atoms with van der Waals surface area (Å²) in [6.45, 7) is 0. The van der Waals surface area contributed by atoms with Gasteiger partial charge in [-0.2, -0.15) is 5.26 Å². The Morgan fingerprint density at radius 3 is 2.44 bits per heavy atom. The molecular formula is C20H14N4O2S. The first-order chi connectivity index (χ1) is 13.1. The Bertz CT molecular complexity index is 1240. The molecule has 0 saturated carbocycles. The number of fused-ring (bicyclic) bond motifs is 1. The van der Waals surface area contributed by atoms with Crippen LogP contribution in [0.4, 0.5) is 5.69 Å². The van der Waals surface area contributed by atoms with Crippen LogP contribution in [0.5, 0.6) is 0 Å². The number of imidazole rings is 1. The van der Waals surface area contributed by atoms with E-state index in [2.05, 4.69) is 9.71 Å². The van der Waals surface area contributed by atoms with Crippen molar-refractivity contribution in [3.05, 3.63) is 84.7 Å². The third-order valence-electron chi connectivity index (χ3n) is 4.09. The Kier molecular flexibility index (Phi) is 4.11. The van der Waals surface area contributed by atoms with Crippen LogP contribution in [-0.4, -0.2) is 17.8 Å². The van der Waals surface area contributed by atoms with Gasteiger partial charge < -0.3 is 4.40 Å². The lowest BCUT2D eigenvalue weighted by Crippen LogP contribution is -2.14. The molecule has 4 rings (SSSR count). The number of sulfonamides is 1. The van der Waals surface area contributed by atoms with Gasteiger partial charge in [0.2, 0.25) is 0 Å². The molecule has 7 heteroatoms. The zero-order valence-corrected chi connectivity index (χ0v) is 14.9. The highest BCUT2D eigenvalue weighted by molar-refractivity contribution is 7.92. The summed E-state index contributed by atoms with van der Waals surface area (Å²) in [6, 6.07) is 20.7. The van der Waals surface area contributed by atoms with Crippen LogP contribution in [0, 0.1) is 11.3 Å². The molecule has 0 atom stereocenters. The van der Waals surface area contributed by atoms with Gasteiger partial charge in [0, 0.05) is 23.6 Å². The van der Waals surface area contributed by atoms with Crippen LogP contribution >= 0.6 is 0 Å².